The Morgan fingerprint density at radius 2 is 2.04 bits per heavy atom. The quantitative estimate of drug-likeness (QED) is 0.576. The Kier molecular flexibility index (Phi) is 5.14. The minimum atomic E-state index is -2.95. The maximum Gasteiger partial charge on any atom is 0.337 e. The van der Waals surface area contributed by atoms with Crippen LogP contribution in [0.5, 0.6) is 0 Å². The van der Waals surface area contributed by atoms with Gasteiger partial charge in [-0.15, -0.1) is 10.2 Å². The molecule has 25 heavy (non-hydrogen) atoms. The molecule has 1 aromatic heterocycles. The lowest BCUT2D eigenvalue weighted by molar-refractivity contribution is 0.0600. The highest BCUT2D eigenvalue weighted by molar-refractivity contribution is 7.98. The van der Waals surface area contributed by atoms with Gasteiger partial charge in [0.05, 0.1) is 24.2 Å². The van der Waals surface area contributed by atoms with E-state index in [1.807, 2.05) is 23.7 Å². The van der Waals surface area contributed by atoms with Crippen LogP contribution in [0.4, 0.5) is 0 Å². The standard InChI is InChI=1S/C16H19N3O4S2/c1-19-14(13-7-8-25(21,22)10-13)17-18-16(19)24-9-11-3-5-12(6-4-11)15(20)23-2/h3-6,13H,7-10H2,1-2H3/t13-/m0/s1. The molecule has 0 saturated carbocycles. The summed E-state index contributed by atoms with van der Waals surface area (Å²) in [5, 5.41) is 9.13. The maximum atomic E-state index is 11.6. The monoisotopic (exact) mass is 381 g/mol. The van der Waals surface area contributed by atoms with E-state index in [0.717, 1.165) is 16.5 Å². The van der Waals surface area contributed by atoms with Crippen LogP contribution in [-0.4, -0.2) is 47.8 Å². The molecule has 0 radical (unpaired) electrons. The second-order valence-electron chi connectivity index (χ2n) is 5.98. The van der Waals surface area contributed by atoms with Crippen LogP contribution in [0.2, 0.25) is 0 Å². The van der Waals surface area contributed by atoms with Crippen molar-refractivity contribution in [3.8, 4) is 0 Å². The molecular weight excluding hydrogens is 362 g/mol. The fourth-order valence-corrected chi connectivity index (χ4v) is 5.42. The zero-order valence-corrected chi connectivity index (χ0v) is 15.6. The molecule has 1 fully saturated rings. The van der Waals surface area contributed by atoms with Crippen LogP contribution in [0, 0.1) is 0 Å². The van der Waals surface area contributed by atoms with Gasteiger partial charge in [-0.1, -0.05) is 23.9 Å². The summed E-state index contributed by atoms with van der Waals surface area (Å²) in [6, 6.07) is 7.21. The van der Waals surface area contributed by atoms with Gasteiger partial charge in [0.2, 0.25) is 0 Å². The molecule has 0 amide bonds. The third kappa shape index (κ3) is 4.04. The number of sulfone groups is 1. The molecule has 0 spiro atoms. The molecule has 1 saturated heterocycles. The van der Waals surface area contributed by atoms with E-state index < -0.39 is 9.84 Å². The van der Waals surface area contributed by atoms with Crippen LogP contribution in [0.3, 0.4) is 0 Å². The van der Waals surface area contributed by atoms with Crippen molar-refractivity contribution in [2.24, 2.45) is 7.05 Å². The zero-order chi connectivity index (χ0) is 18.0. The highest BCUT2D eigenvalue weighted by Crippen LogP contribution is 2.30. The van der Waals surface area contributed by atoms with Crippen LogP contribution in [0.1, 0.15) is 34.1 Å². The summed E-state index contributed by atoms with van der Waals surface area (Å²) in [6.45, 7) is 0. The molecule has 1 aromatic carbocycles. The Bertz CT molecular complexity index is 875. The Hall–Kier alpha value is -1.87. The summed E-state index contributed by atoms with van der Waals surface area (Å²) in [6.07, 6.45) is 0.605. The van der Waals surface area contributed by atoms with Gasteiger partial charge in [-0.2, -0.15) is 0 Å². The van der Waals surface area contributed by atoms with E-state index in [0.29, 0.717) is 17.7 Å². The van der Waals surface area contributed by atoms with Crippen LogP contribution in [0.25, 0.3) is 0 Å². The number of hydrogen-bond acceptors (Lipinski definition) is 7. The molecule has 1 aliphatic rings. The highest BCUT2D eigenvalue weighted by Gasteiger charge is 2.32. The first-order valence-corrected chi connectivity index (χ1v) is 10.6. The van der Waals surface area contributed by atoms with Crippen LogP contribution in [0.15, 0.2) is 29.4 Å². The van der Waals surface area contributed by atoms with Gasteiger partial charge in [-0.25, -0.2) is 13.2 Å². The summed E-state index contributed by atoms with van der Waals surface area (Å²) in [5.74, 6) is 1.35. The van der Waals surface area contributed by atoms with Gasteiger partial charge in [0, 0.05) is 18.7 Å². The number of esters is 1. The van der Waals surface area contributed by atoms with Gasteiger partial charge >= 0.3 is 5.97 Å². The molecule has 2 aromatic rings. The van der Waals surface area contributed by atoms with Gasteiger partial charge in [0.1, 0.15) is 5.82 Å². The number of methoxy groups -OCH3 is 1. The summed E-state index contributed by atoms with van der Waals surface area (Å²) in [7, 11) is 0.273. The Morgan fingerprint density at radius 3 is 2.64 bits per heavy atom. The second-order valence-corrected chi connectivity index (χ2v) is 9.15. The Balaban J connectivity index is 1.65. The minimum absolute atomic E-state index is 0.0730. The summed E-state index contributed by atoms with van der Waals surface area (Å²) >= 11 is 1.52. The molecule has 134 valence electrons. The van der Waals surface area contributed by atoms with E-state index in [4.69, 9.17) is 0 Å². The summed E-state index contributed by atoms with van der Waals surface area (Å²) in [5.41, 5.74) is 1.56. The fourth-order valence-electron chi connectivity index (χ4n) is 2.81. The smallest absolute Gasteiger partial charge is 0.337 e. The molecule has 0 unspecified atom stereocenters. The minimum Gasteiger partial charge on any atom is -0.465 e. The topological polar surface area (TPSA) is 91.2 Å². The number of carbonyl (C=O) groups excluding carboxylic acids is 1. The predicted molar refractivity (Wildman–Crippen MR) is 94.4 cm³/mol. The van der Waals surface area contributed by atoms with Crippen LogP contribution in [-0.2, 0) is 27.4 Å². The van der Waals surface area contributed by atoms with E-state index in [2.05, 4.69) is 14.9 Å². The SMILES string of the molecule is COC(=O)c1ccc(CSc2nnc([C@H]3CCS(=O)(=O)C3)n2C)cc1. The molecule has 0 bridgehead atoms. The lowest BCUT2D eigenvalue weighted by Gasteiger charge is -2.08. The molecule has 1 aliphatic heterocycles. The molecular formula is C16H19N3O4S2. The van der Waals surface area contributed by atoms with Crippen LogP contribution >= 0.6 is 11.8 Å². The number of aromatic nitrogens is 3. The highest BCUT2D eigenvalue weighted by atomic mass is 32.2. The molecule has 0 N–H and O–H groups in total. The Morgan fingerprint density at radius 1 is 1.32 bits per heavy atom. The van der Waals surface area contributed by atoms with E-state index >= 15 is 0 Å². The van der Waals surface area contributed by atoms with Gasteiger partial charge in [0.15, 0.2) is 15.0 Å². The van der Waals surface area contributed by atoms with Crippen molar-refractivity contribution in [3.05, 3.63) is 41.2 Å². The number of hydrogen-bond donors (Lipinski definition) is 0. The van der Waals surface area contributed by atoms with Crippen molar-refractivity contribution in [3.63, 3.8) is 0 Å². The third-order valence-electron chi connectivity index (χ3n) is 4.21. The first-order chi connectivity index (χ1) is 11.9. The van der Waals surface area contributed by atoms with Crippen molar-refractivity contribution in [1.29, 1.82) is 0 Å². The second kappa shape index (κ2) is 7.17. The van der Waals surface area contributed by atoms with Crippen molar-refractivity contribution in [2.75, 3.05) is 18.6 Å². The van der Waals surface area contributed by atoms with Crippen molar-refractivity contribution < 1.29 is 17.9 Å². The molecule has 3 rings (SSSR count). The van der Waals surface area contributed by atoms with Crippen molar-refractivity contribution in [2.45, 2.75) is 23.2 Å². The van der Waals surface area contributed by atoms with Gasteiger partial charge in [-0.05, 0) is 24.1 Å². The third-order valence-corrected chi connectivity index (χ3v) is 7.07. The van der Waals surface area contributed by atoms with Crippen molar-refractivity contribution >= 4 is 27.6 Å². The number of ether oxygens (including phenoxy) is 1. The van der Waals surface area contributed by atoms with Crippen molar-refractivity contribution in [1.82, 2.24) is 14.8 Å². The van der Waals surface area contributed by atoms with E-state index in [-0.39, 0.29) is 23.4 Å². The molecule has 7 nitrogen and oxygen atoms in total. The lowest BCUT2D eigenvalue weighted by atomic mass is 10.1. The molecule has 9 heteroatoms. The van der Waals surface area contributed by atoms with Gasteiger partial charge in [0.25, 0.3) is 0 Å². The predicted octanol–water partition coefficient (Wildman–Crippen LogP) is 1.80. The number of carbonyl (C=O) groups is 1. The number of thioether (sulfide) groups is 1. The number of nitrogens with zero attached hydrogens (tertiary/aromatic N) is 3. The number of benzene rings is 1. The molecule has 0 aliphatic carbocycles. The summed E-state index contributed by atoms with van der Waals surface area (Å²) in [4.78, 5) is 11.4. The van der Waals surface area contributed by atoms with E-state index in [1.54, 1.807) is 12.1 Å². The first-order valence-electron chi connectivity index (χ1n) is 7.79. The number of rotatable bonds is 5. The molecule has 2 heterocycles. The first kappa shape index (κ1) is 17.9. The van der Waals surface area contributed by atoms with Gasteiger partial charge in [-0.3, -0.25) is 0 Å². The Labute approximate surface area is 150 Å². The fraction of sp³-hybridized carbons (Fsp3) is 0.438. The van der Waals surface area contributed by atoms with E-state index in [1.165, 1.54) is 18.9 Å². The average Bonchev–Trinajstić information content (AvgIpc) is 3.14. The summed E-state index contributed by atoms with van der Waals surface area (Å²) < 4.78 is 29.8. The average molecular weight is 381 g/mol. The van der Waals surface area contributed by atoms with Crippen LogP contribution < -0.4 is 0 Å². The lowest BCUT2D eigenvalue weighted by Crippen LogP contribution is -2.09. The van der Waals surface area contributed by atoms with E-state index in [9.17, 15) is 13.2 Å². The van der Waals surface area contributed by atoms with Gasteiger partial charge < -0.3 is 9.30 Å². The maximum absolute atomic E-state index is 11.6. The molecule has 1 atom stereocenters. The normalized spacial score (nSPS) is 19.0. The largest absolute Gasteiger partial charge is 0.465 e. The zero-order valence-electron chi connectivity index (χ0n) is 14.0.